The highest BCUT2D eigenvalue weighted by atomic mass is 16.5. The third-order valence-electron chi connectivity index (χ3n) is 3.56. The SMILES string of the molecule is CCOC(=O)c1c(-c2ccccc2)n[nH]c1/C=C/c1ccccc1. The van der Waals surface area contributed by atoms with Gasteiger partial charge in [0, 0.05) is 5.56 Å². The maximum atomic E-state index is 12.4. The molecule has 0 saturated carbocycles. The standard InChI is InChI=1S/C20H18N2O2/c1-2-24-20(23)18-17(14-13-15-9-5-3-6-10-15)21-22-19(18)16-11-7-4-8-12-16/h3-14H,2H2,1H3,(H,21,22)/b14-13+. The molecule has 3 rings (SSSR count). The van der Waals surface area contributed by atoms with Crippen LogP contribution in [-0.4, -0.2) is 22.8 Å². The van der Waals surface area contributed by atoms with E-state index in [0.717, 1.165) is 11.1 Å². The van der Waals surface area contributed by atoms with Gasteiger partial charge in [0.05, 0.1) is 12.3 Å². The van der Waals surface area contributed by atoms with Crippen LogP contribution in [0.15, 0.2) is 60.7 Å². The lowest BCUT2D eigenvalue weighted by molar-refractivity contribution is 0.0527. The predicted molar refractivity (Wildman–Crippen MR) is 95.4 cm³/mol. The Balaban J connectivity index is 2.02. The van der Waals surface area contributed by atoms with E-state index in [1.165, 1.54) is 0 Å². The first-order valence-electron chi connectivity index (χ1n) is 7.83. The van der Waals surface area contributed by atoms with Gasteiger partial charge in [-0.25, -0.2) is 4.79 Å². The minimum Gasteiger partial charge on any atom is -0.462 e. The van der Waals surface area contributed by atoms with Crippen LogP contribution < -0.4 is 0 Å². The zero-order valence-corrected chi connectivity index (χ0v) is 13.4. The van der Waals surface area contributed by atoms with Crippen LogP contribution in [0.5, 0.6) is 0 Å². The van der Waals surface area contributed by atoms with Gasteiger partial charge in [-0.3, -0.25) is 5.10 Å². The number of aromatic amines is 1. The van der Waals surface area contributed by atoms with Crippen molar-refractivity contribution in [3.8, 4) is 11.3 Å². The van der Waals surface area contributed by atoms with Crippen molar-refractivity contribution in [2.75, 3.05) is 6.61 Å². The lowest BCUT2D eigenvalue weighted by Gasteiger charge is -2.04. The number of rotatable bonds is 5. The summed E-state index contributed by atoms with van der Waals surface area (Å²) in [6, 6.07) is 19.5. The summed E-state index contributed by atoms with van der Waals surface area (Å²) < 4.78 is 5.21. The number of aromatic nitrogens is 2. The number of benzene rings is 2. The Labute approximate surface area is 140 Å². The fourth-order valence-electron chi connectivity index (χ4n) is 2.43. The number of carbonyl (C=O) groups excluding carboxylic acids is 1. The topological polar surface area (TPSA) is 55.0 Å². The van der Waals surface area contributed by atoms with Crippen LogP contribution in [0.2, 0.25) is 0 Å². The van der Waals surface area contributed by atoms with E-state index in [1.807, 2.05) is 72.8 Å². The Morgan fingerprint density at radius 2 is 1.71 bits per heavy atom. The second kappa shape index (κ2) is 7.42. The lowest BCUT2D eigenvalue weighted by Crippen LogP contribution is -2.06. The van der Waals surface area contributed by atoms with Gasteiger partial charge in [-0.05, 0) is 18.6 Å². The van der Waals surface area contributed by atoms with E-state index in [4.69, 9.17) is 4.74 Å². The first-order valence-corrected chi connectivity index (χ1v) is 7.83. The first-order chi connectivity index (χ1) is 11.8. The third-order valence-corrected chi connectivity index (χ3v) is 3.56. The maximum absolute atomic E-state index is 12.4. The minimum absolute atomic E-state index is 0.320. The summed E-state index contributed by atoms with van der Waals surface area (Å²) >= 11 is 0. The molecule has 0 bridgehead atoms. The zero-order valence-electron chi connectivity index (χ0n) is 13.4. The summed E-state index contributed by atoms with van der Waals surface area (Å²) in [7, 11) is 0. The lowest BCUT2D eigenvalue weighted by atomic mass is 10.1. The smallest absolute Gasteiger partial charge is 0.342 e. The van der Waals surface area contributed by atoms with Crippen LogP contribution in [0, 0.1) is 0 Å². The number of ether oxygens (including phenoxy) is 1. The van der Waals surface area contributed by atoms with Gasteiger partial charge in [0.2, 0.25) is 0 Å². The molecule has 0 atom stereocenters. The number of carbonyl (C=O) groups is 1. The van der Waals surface area contributed by atoms with Gasteiger partial charge in [-0.2, -0.15) is 5.10 Å². The second-order valence-electron chi connectivity index (χ2n) is 5.19. The summed E-state index contributed by atoms with van der Waals surface area (Å²) in [6.07, 6.45) is 3.78. The van der Waals surface area contributed by atoms with Crippen LogP contribution in [0.25, 0.3) is 23.4 Å². The van der Waals surface area contributed by atoms with E-state index >= 15 is 0 Å². The van der Waals surface area contributed by atoms with E-state index in [1.54, 1.807) is 6.92 Å². The molecular formula is C20H18N2O2. The van der Waals surface area contributed by atoms with Crippen molar-refractivity contribution in [1.82, 2.24) is 10.2 Å². The van der Waals surface area contributed by atoms with Crippen LogP contribution in [0.1, 0.15) is 28.5 Å². The Hall–Kier alpha value is -3.14. The molecule has 4 nitrogen and oxygen atoms in total. The largest absolute Gasteiger partial charge is 0.462 e. The number of hydrogen-bond donors (Lipinski definition) is 1. The second-order valence-corrected chi connectivity index (χ2v) is 5.19. The summed E-state index contributed by atoms with van der Waals surface area (Å²) in [5.41, 5.74) is 3.60. The molecule has 0 saturated heterocycles. The summed E-state index contributed by atoms with van der Waals surface area (Å²) in [5, 5.41) is 7.27. The highest BCUT2D eigenvalue weighted by molar-refractivity contribution is 6.00. The van der Waals surface area contributed by atoms with Crippen molar-refractivity contribution in [1.29, 1.82) is 0 Å². The molecule has 0 aliphatic heterocycles. The van der Waals surface area contributed by atoms with Crippen molar-refractivity contribution in [3.63, 3.8) is 0 Å². The van der Waals surface area contributed by atoms with Gasteiger partial charge >= 0.3 is 5.97 Å². The van der Waals surface area contributed by atoms with Crippen molar-refractivity contribution in [2.24, 2.45) is 0 Å². The Bertz CT molecular complexity index is 837. The van der Waals surface area contributed by atoms with Gasteiger partial charge < -0.3 is 4.74 Å². The van der Waals surface area contributed by atoms with Crippen LogP contribution in [-0.2, 0) is 4.74 Å². The summed E-state index contributed by atoms with van der Waals surface area (Å²) in [5.74, 6) is -0.377. The van der Waals surface area contributed by atoms with Gasteiger partial charge in [0.25, 0.3) is 0 Å². The molecule has 24 heavy (non-hydrogen) atoms. The van der Waals surface area contributed by atoms with Crippen molar-refractivity contribution < 1.29 is 9.53 Å². The van der Waals surface area contributed by atoms with E-state index in [0.29, 0.717) is 23.6 Å². The van der Waals surface area contributed by atoms with E-state index in [2.05, 4.69) is 10.2 Å². The molecule has 120 valence electrons. The zero-order chi connectivity index (χ0) is 16.8. The number of hydrogen-bond acceptors (Lipinski definition) is 3. The van der Waals surface area contributed by atoms with Gasteiger partial charge in [0.15, 0.2) is 0 Å². The molecule has 1 N–H and O–H groups in total. The molecule has 3 aromatic rings. The predicted octanol–water partition coefficient (Wildman–Crippen LogP) is 4.42. The van der Waals surface area contributed by atoms with Crippen molar-refractivity contribution >= 4 is 18.1 Å². The molecule has 1 aromatic heterocycles. The van der Waals surface area contributed by atoms with E-state index in [-0.39, 0.29) is 5.97 Å². The van der Waals surface area contributed by atoms with Gasteiger partial charge in [-0.15, -0.1) is 0 Å². The normalized spacial score (nSPS) is 10.9. The average molecular weight is 318 g/mol. The molecule has 0 aliphatic carbocycles. The molecule has 0 aliphatic rings. The van der Waals surface area contributed by atoms with Crippen molar-refractivity contribution in [2.45, 2.75) is 6.92 Å². The molecule has 0 fully saturated rings. The maximum Gasteiger partial charge on any atom is 0.342 e. The molecule has 2 aromatic carbocycles. The number of H-pyrrole nitrogens is 1. The highest BCUT2D eigenvalue weighted by Crippen LogP contribution is 2.25. The molecule has 0 amide bonds. The average Bonchev–Trinajstić information content (AvgIpc) is 3.06. The van der Waals surface area contributed by atoms with E-state index < -0.39 is 0 Å². The van der Waals surface area contributed by atoms with E-state index in [9.17, 15) is 4.79 Å². The Morgan fingerprint density at radius 1 is 1.04 bits per heavy atom. The molecule has 0 spiro atoms. The fraction of sp³-hybridized carbons (Fsp3) is 0.100. The molecule has 0 radical (unpaired) electrons. The third kappa shape index (κ3) is 3.43. The van der Waals surface area contributed by atoms with Gasteiger partial charge in [-0.1, -0.05) is 66.7 Å². The van der Waals surface area contributed by atoms with Crippen LogP contribution in [0.3, 0.4) is 0 Å². The first kappa shape index (κ1) is 15.7. The van der Waals surface area contributed by atoms with Crippen molar-refractivity contribution in [3.05, 3.63) is 77.5 Å². The fourth-order valence-corrected chi connectivity index (χ4v) is 2.43. The van der Waals surface area contributed by atoms with Crippen LogP contribution in [0.4, 0.5) is 0 Å². The summed E-state index contributed by atoms with van der Waals surface area (Å²) in [6.45, 7) is 2.11. The minimum atomic E-state index is -0.377. The van der Waals surface area contributed by atoms with Crippen LogP contribution >= 0.6 is 0 Å². The van der Waals surface area contributed by atoms with Gasteiger partial charge in [0.1, 0.15) is 11.3 Å². The quantitative estimate of drug-likeness (QED) is 0.708. The monoisotopic (exact) mass is 318 g/mol. The number of esters is 1. The number of nitrogens with zero attached hydrogens (tertiary/aromatic N) is 1. The number of nitrogens with one attached hydrogen (secondary N) is 1. The Kier molecular flexibility index (Phi) is 4.87. The Morgan fingerprint density at radius 3 is 2.38 bits per heavy atom. The molecular weight excluding hydrogens is 300 g/mol. The molecule has 4 heteroatoms. The summed E-state index contributed by atoms with van der Waals surface area (Å²) in [4.78, 5) is 12.4. The highest BCUT2D eigenvalue weighted by Gasteiger charge is 2.21. The molecule has 1 heterocycles. The molecule has 0 unspecified atom stereocenters.